The summed E-state index contributed by atoms with van der Waals surface area (Å²) in [6, 6.07) is 2.05. The highest BCUT2D eigenvalue weighted by Gasteiger charge is 2.25. The van der Waals surface area contributed by atoms with Gasteiger partial charge < -0.3 is 20.3 Å². The molecular weight excluding hydrogens is 224 g/mol. The number of aromatic nitrogens is 1. The van der Waals surface area contributed by atoms with Crippen LogP contribution in [0.5, 0.6) is 5.88 Å². The summed E-state index contributed by atoms with van der Waals surface area (Å²) in [7, 11) is 1.49. The summed E-state index contributed by atoms with van der Waals surface area (Å²) in [5, 5.41) is 9.84. The van der Waals surface area contributed by atoms with Crippen molar-refractivity contribution >= 4 is 5.97 Å². The molecule has 0 saturated heterocycles. The molecule has 6 nitrogen and oxygen atoms in total. The molecule has 0 fully saturated rings. The van der Waals surface area contributed by atoms with Crippen LogP contribution in [0.2, 0.25) is 0 Å². The van der Waals surface area contributed by atoms with E-state index in [1.54, 1.807) is 19.1 Å². The summed E-state index contributed by atoms with van der Waals surface area (Å²) < 4.78 is 9.60. The lowest BCUT2D eigenvalue weighted by molar-refractivity contribution is -0.147. The molecule has 0 aliphatic carbocycles. The number of pyridine rings is 1. The number of hydrogen-bond donors (Lipinski definition) is 2. The Morgan fingerprint density at radius 2 is 2.29 bits per heavy atom. The minimum atomic E-state index is -1.15. The zero-order chi connectivity index (χ0) is 12.8. The van der Waals surface area contributed by atoms with Crippen molar-refractivity contribution in [3.63, 3.8) is 0 Å². The smallest absolute Gasteiger partial charge is 0.325 e. The van der Waals surface area contributed by atoms with E-state index in [4.69, 9.17) is 15.2 Å². The van der Waals surface area contributed by atoms with Gasteiger partial charge in [-0.2, -0.15) is 0 Å². The fourth-order valence-electron chi connectivity index (χ4n) is 1.26. The Labute approximate surface area is 99.4 Å². The Morgan fingerprint density at radius 3 is 2.76 bits per heavy atom. The standard InChI is InChI=1S/C11H16N2O4/c1-3-17-11(15)9(12)10(14)7-4-5-8(16-2)13-6-7/h4-6,9-10,14H,3,12H2,1-2H3/t9-,10+/m1/s1. The molecular formula is C11H16N2O4. The highest BCUT2D eigenvalue weighted by Crippen LogP contribution is 2.17. The summed E-state index contributed by atoms with van der Waals surface area (Å²) in [4.78, 5) is 15.2. The Hall–Kier alpha value is -1.66. The van der Waals surface area contributed by atoms with Crippen molar-refractivity contribution in [1.82, 2.24) is 4.98 Å². The molecule has 1 rings (SSSR count). The highest BCUT2D eigenvalue weighted by molar-refractivity contribution is 5.76. The van der Waals surface area contributed by atoms with Crippen LogP contribution in [-0.4, -0.2) is 35.8 Å². The molecule has 0 aromatic carbocycles. The number of nitrogens with two attached hydrogens (primary N) is 1. The third kappa shape index (κ3) is 3.40. The molecule has 0 saturated carbocycles. The first-order chi connectivity index (χ1) is 8.10. The first kappa shape index (κ1) is 13.4. The van der Waals surface area contributed by atoms with Gasteiger partial charge in [0.15, 0.2) is 0 Å². The topological polar surface area (TPSA) is 94.7 Å². The average Bonchev–Trinajstić information content (AvgIpc) is 2.37. The molecule has 0 radical (unpaired) electrons. The number of methoxy groups -OCH3 is 1. The molecule has 0 aliphatic heterocycles. The van der Waals surface area contributed by atoms with E-state index in [9.17, 15) is 9.90 Å². The Balaban J connectivity index is 2.73. The van der Waals surface area contributed by atoms with E-state index in [-0.39, 0.29) is 6.61 Å². The number of nitrogens with zero attached hydrogens (tertiary/aromatic N) is 1. The minimum absolute atomic E-state index is 0.222. The summed E-state index contributed by atoms with van der Waals surface area (Å²) in [6.45, 7) is 1.89. The predicted octanol–water partition coefficient (Wildman–Crippen LogP) is 0.0140. The summed E-state index contributed by atoms with van der Waals surface area (Å²) in [6.07, 6.45) is 0.259. The Morgan fingerprint density at radius 1 is 1.59 bits per heavy atom. The summed E-state index contributed by atoms with van der Waals surface area (Å²) in [5.41, 5.74) is 6.00. The number of esters is 1. The zero-order valence-electron chi connectivity index (χ0n) is 9.79. The van der Waals surface area contributed by atoms with Crippen molar-refractivity contribution in [2.75, 3.05) is 13.7 Å². The van der Waals surface area contributed by atoms with Crippen molar-refractivity contribution in [3.05, 3.63) is 23.9 Å². The van der Waals surface area contributed by atoms with Crippen LogP contribution in [0.3, 0.4) is 0 Å². The number of hydrogen-bond acceptors (Lipinski definition) is 6. The van der Waals surface area contributed by atoms with E-state index in [2.05, 4.69) is 4.98 Å². The molecule has 1 aromatic rings. The van der Waals surface area contributed by atoms with Crippen LogP contribution < -0.4 is 10.5 Å². The zero-order valence-corrected chi connectivity index (χ0v) is 9.79. The number of ether oxygens (including phenoxy) is 2. The second-order valence-electron chi connectivity index (χ2n) is 3.36. The number of aliphatic hydroxyl groups is 1. The third-order valence-corrected chi connectivity index (χ3v) is 2.21. The van der Waals surface area contributed by atoms with Crippen molar-refractivity contribution < 1.29 is 19.4 Å². The molecule has 0 spiro atoms. The minimum Gasteiger partial charge on any atom is -0.481 e. The van der Waals surface area contributed by atoms with E-state index in [0.29, 0.717) is 11.4 Å². The molecule has 1 aromatic heterocycles. The number of carbonyl (C=O) groups is 1. The number of rotatable bonds is 5. The van der Waals surface area contributed by atoms with E-state index in [1.807, 2.05) is 0 Å². The molecule has 0 unspecified atom stereocenters. The van der Waals surface area contributed by atoms with Crippen molar-refractivity contribution in [2.24, 2.45) is 5.73 Å². The lowest BCUT2D eigenvalue weighted by Crippen LogP contribution is -2.38. The summed E-state index contributed by atoms with van der Waals surface area (Å²) >= 11 is 0. The van der Waals surface area contributed by atoms with Crippen LogP contribution in [0.1, 0.15) is 18.6 Å². The second-order valence-corrected chi connectivity index (χ2v) is 3.36. The van der Waals surface area contributed by atoms with Gasteiger partial charge >= 0.3 is 5.97 Å². The molecule has 0 aliphatic rings. The average molecular weight is 240 g/mol. The van der Waals surface area contributed by atoms with Crippen LogP contribution in [0.15, 0.2) is 18.3 Å². The maximum atomic E-state index is 11.3. The predicted molar refractivity (Wildman–Crippen MR) is 60.4 cm³/mol. The number of aliphatic hydroxyl groups excluding tert-OH is 1. The van der Waals surface area contributed by atoms with Gasteiger partial charge in [0.1, 0.15) is 12.1 Å². The molecule has 17 heavy (non-hydrogen) atoms. The summed E-state index contributed by atoms with van der Waals surface area (Å²) in [5.74, 6) is -0.221. The lowest BCUT2D eigenvalue weighted by Gasteiger charge is -2.17. The molecule has 94 valence electrons. The van der Waals surface area contributed by atoms with Crippen molar-refractivity contribution in [1.29, 1.82) is 0 Å². The molecule has 1 heterocycles. The van der Waals surface area contributed by atoms with Crippen LogP contribution in [-0.2, 0) is 9.53 Å². The lowest BCUT2D eigenvalue weighted by atomic mass is 10.1. The normalized spacial score (nSPS) is 13.9. The maximum absolute atomic E-state index is 11.3. The van der Waals surface area contributed by atoms with Gasteiger partial charge in [0.05, 0.1) is 13.7 Å². The van der Waals surface area contributed by atoms with Gasteiger partial charge in [-0.1, -0.05) is 0 Å². The van der Waals surface area contributed by atoms with Crippen LogP contribution in [0.25, 0.3) is 0 Å². The van der Waals surface area contributed by atoms with Crippen LogP contribution in [0, 0.1) is 0 Å². The van der Waals surface area contributed by atoms with Gasteiger partial charge in [-0.05, 0) is 13.0 Å². The highest BCUT2D eigenvalue weighted by atomic mass is 16.5. The number of carbonyl (C=O) groups excluding carboxylic acids is 1. The van der Waals surface area contributed by atoms with Crippen molar-refractivity contribution in [3.8, 4) is 5.88 Å². The molecule has 2 atom stereocenters. The fraction of sp³-hybridized carbons (Fsp3) is 0.455. The van der Waals surface area contributed by atoms with E-state index in [0.717, 1.165) is 0 Å². The maximum Gasteiger partial charge on any atom is 0.325 e. The third-order valence-electron chi connectivity index (χ3n) is 2.21. The van der Waals surface area contributed by atoms with Crippen molar-refractivity contribution in [2.45, 2.75) is 19.1 Å². The SMILES string of the molecule is CCOC(=O)[C@H](N)[C@@H](O)c1ccc(OC)nc1. The molecule has 0 bridgehead atoms. The fourth-order valence-corrected chi connectivity index (χ4v) is 1.26. The van der Waals surface area contributed by atoms with E-state index >= 15 is 0 Å². The second kappa shape index (κ2) is 6.17. The van der Waals surface area contributed by atoms with Gasteiger partial charge in [0.2, 0.25) is 5.88 Å². The van der Waals surface area contributed by atoms with Crippen LogP contribution >= 0.6 is 0 Å². The monoisotopic (exact) mass is 240 g/mol. The van der Waals surface area contributed by atoms with E-state index < -0.39 is 18.1 Å². The molecule has 6 heteroatoms. The van der Waals surface area contributed by atoms with Gasteiger partial charge in [-0.25, -0.2) is 4.98 Å². The largest absolute Gasteiger partial charge is 0.481 e. The Kier molecular flexibility index (Phi) is 4.86. The van der Waals surface area contributed by atoms with Gasteiger partial charge in [-0.15, -0.1) is 0 Å². The molecule has 3 N–H and O–H groups in total. The quantitative estimate of drug-likeness (QED) is 0.704. The Bertz CT molecular complexity index is 366. The van der Waals surface area contributed by atoms with Gasteiger partial charge in [0.25, 0.3) is 0 Å². The molecule has 0 amide bonds. The van der Waals surface area contributed by atoms with Gasteiger partial charge in [-0.3, -0.25) is 4.79 Å². The first-order valence-corrected chi connectivity index (χ1v) is 5.20. The first-order valence-electron chi connectivity index (χ1n) is 5.20. The van der Waals surface area contributed by atoms with E-state index in [1.165, 1.54) is 13.3 Å². The van der Waals surface area contributed by atoms with Gasteiger partial charge in [0, 0.05) is 17.8 Å². The van der Waals surface area contributed by atoms with Crippen LogP contribution in [0.4, 0.5) is 0 Å².